The number of ether oxygens (including phenoxy) is 1. The van der Waals surface area contributed by atoms with Crippen LogP contribution in [0.4, 0.5) is 0 Å². The zero-order valence-electron chi connectivity index (χ0n) is 12.0. The van der Waals surface area contributed by atoms with E-state index in [4.69, 9.17) is 4.74 Å². The van der Waals surface area contributed by atoms with Gasteiger partial charge in [0.1, 0.15) is 18.5 Å². The number of likely N-dealkylation sites (tertiary alicyclic amines) is 1. The molecule has 0 aromatic heterocycles. The first-order valence-electron chi connectivity index (χ1n) is 7.23. The summed E-state index contributed by atoms with van der Waals surface area (Å²) >= 11 is 0. The van der Waals surface area contributed by atoms with E-state index in [1.54, 1.807) is 0 Å². The fourth-order valence-electron chi connectivity index (χ4n) is 2.49. The predicted molar refractivity (Wildman–Crippen MR) is 77.5 cm³/mol. The standard InChI is InChI=1S/C16H25NO2/c1-13-6-8-17(9-7-13)11-15(18)12-19-16-5-3-4-14(2)10-16/h3-5,10,13,15,18H,6-9,11-12H2,1-2H3/t15-/m0/s1. The average molecular weight is 263 g/mol. The molecule has 0 radical (unpaired) electrons. The van der Waals surface area contributed by atoms with Gasteiger partial charge in [-0.2, -0.15) is 0 Å². The van der Waals surface area contributed by atoms with Crippen molar-refractivity contribution in [3.05, 3.63) is 29.8 Å². The summed E-state index contributed by atoms with van der Waals surface area (Å²) in [5.41, 5.74) is 1.18. The molecule has 0 aliphatic carbocycles. The second-order valence-electron chi connectivity index (χ2n) is 5.76. The molecule has 1 N–H and O–H groups in total. The van der Waals surface area contributed by atoms with Crippen molar-refractivity contribution in [1.82, 2.24) is 4.90 Å². The molecule has 19 heavy (non-hydrogen) atoms. The fraction of sp³-hybridized carbons (Fsp3) is 0.625. The second kappa shape index (κ2) is 6.92. The maximum Gasteiger partial charge on any atom is 0.119 e. The van der Waals surface area contributed by atoms with Crippen molar-refractivity contribution < 1.29 is 9.84 Å². The lowest BCUT2D eigenvalue weighted by Gasteiger charge is -2.31. The molecule has 106 valence electrons. The lowest BCUT2D eigenvalue weighted by atomic mass is 9.99. The minimum atomic E-state index is -0.408. The summed E-state index contributed by atoms with van der Waals surface area (Å²) in [6.07, 6.45) is 2.07. The smallest absolute Gasteiger partial charge is 0.119 e. The molecule has 1 fully saturated rings. The van der Waals surface area contributed by atoms with Gasteiger partial charge in [-0.05, 0) is 56.5 Å². The second-order valence-corrected chi connectivity index (χ2v) is 5.76. The number of aliphatic hydroxyl groups excluding tert-OH is 1. The molecule has 0 amide bonds. The Morgan fingerprint density at radius 2 is 2.11 bits per heavy atom. The number of aryl methyl sites for hydroxylation is 1. The van der Waals surface area contributed by atoms with E-state index in [0.29, 0.717) is 6.61 Å². The molecule has 1 aliphatic heterocycles. The number of rotatable bonds is 5. The Morgan fingerprint density at radius 1 is 1.37 bits per heavy atom. The minimum Gasteiger partial charge on any atom is -0.491 e. The van der Waals surface area contributed by atoms with E-state index in [9.17, 15) is 5.11 Å². The van der Waals surface area contributed by atoms with Crippen molar-refractivity contribution in [2.75, 3.05) is 26.2 Å². The van der Waals surface area contributed by atoms with E-state index in [-0.39, 0.29) is 0 Å². The Kier molecular flexibility index (Phi) is 5.23. The van der Waals surface area contributed by atoms with Crippen LogP contribution in [0.1, 0.15) is 25.3 Å². The van der Waals surface area contributed by atoms with Gasteiger partial charge in [0.25, 0.3) is 0 Å². The van der Waals surface area contributed by atoms with E-state index in [1.807, 2.05) is 31.2 Å². The lowest BCUT2D eigenvalue weighted by Crippen LogP contribution is -2.40. The van der Waals surface area contributed by atoms with Crippen LogP contribution in [-0.4, -0.2) is 42.4 Å². The number of benzene rings is 1. The number of aliphatic hydroxyl groups is 1. The van der Waals surface area contributed by atoms with Gasteiger partial charge < -0.3 is 14.7 Å². The molecule has 1 aromatic carbocycles. The highest BCUT2D eigenvalue weighted by Crippen LogP contribution is 2.16. The normalized spacial score (nSPS) is 19.3. The molecule has 3 heteroatoms. The maximum absolute atomic E-state index is 10.0. The van der Waals surface area contributed by atoms with Gasteiger partial charge in [-0.25, -0.2) is 0 Å². The zero-order chi connectivity index (χ0) is 13.7. The van der Waals surface area contributed by atoms with Crippen LogP contribution in [0, 0.1) is 12.8 Å². The number of hydrogen-bond acceptors (Lipinski definition) is 3. The van der Waals surface area contributed by atoms with Crippen LogP contribution in [0.5, 0.6) is 5.75 Å². The third-order valence-corrected chi connectivity index (χ3v) is 3.78. The van der Waals surface area contributed by atoms with Gasteiger partial charge in [-0.15, -0.1) is 0 Å². The highest BCUT2D eigenvalue weighted by atomic mass is 16.5. The van der Waals surface area contributed by atoms with Crippen molar-refractivity contribution in [2.24, 2.45) is 5.92 Å². The fourth-order valence-corrected chi connectivity index (χ4v) is 2.49. The molecular formula is C16H25NO2. The van der Waals surface area contributed by atoms with Crippen LogP contribution in [0.3, 0.4) is 0 Å². The van der Waals surface area contributed by atoms with Crippen molar-refractivity contribution >= 4 is 0 Å². The van der Waals surface area contributed by atoms with Gasteiger partial charge in [-0.1, -0.05) is 19.1 Å². The van der Waals surface area contributed by atoms with Gasteiger partial charge in [0.05, 0.1) is 0 Å². The summed E-state index contributed by atoms with van der Waals surface area (Å²) in [6, 6.07) is 7.94. The van der Waals surface area contributed by atoms with E-state index in [0.717, 1.165) is 31.3 Å². The van der Waals surface area contributed by atoms with E-state index < -0.39 is 6.10 Å². The average Bonchev–Trinajstić information content (AvgIpc) is 2.39. The largest absolute Gasteiger partial charge is 0.491 e. The number of β-amino-alcohol motifs (C(OH)–C–C–N with tert-alkyl or cyclic N) is 1. The Balaban J connectivity index is 1.71. The van der Waals surface area contributed by atoms with E-state index in [1.165, 1.54) is 18.4 Å². The Hall–Kier alpha value is -1.06. The molecule has 0 bridgehead atoms. The summed E-state index contributed by atoms with van der Waals surface area (Å²) < 4.78 is 5.63. The van der Waals surface area contributed by atoms with Crippen LogP contribution in [-0.2, 0) is 0 Å². The van der Waals surface area contributed by atoms with Gasteiger partial charge in [0.2, 0.25) is 0 Å². The van der Waals surface area contributed by atoms with Crippen molar-refractivity contribution in [3.8, 4) is 5.75 Å². The summed E-state index contributed by atoms with van der Waals surface area (Å²) in [4.78, 5) is 2.34. The molecule has 1 aromatic rings. The van der Waals surface area contributed by atoms with E-state index in [2.05, 4.69) is 11.8 Å². The molecule has 2 rings (SSSR count). The summed E-state index contributed by atoms with van der Waals surface area (Å²) in [6.45, 7) is 7.63. The predicted octanol–water partition coefficient (Wildman–Crippen LogP) is 2.47. The molecule has 1 heterocycles. The quantitative estimate of drug-likeness (QED) is 0.886. The number of nitrogens with zero attached hydrogens (tertiary/aromatic N) is 1. The summed E-state index contributed by atoms with van der Waals surface area (Å²) in [5.74, 6) is 1.67. The SMILES string of the molecule is Cc1cccc(OC[C@@H](O)CN2CCC(C)CC2)c1. The van der Waals surface area contributed by atoms with Gasteiger partial charge >= 0.3 is 0 Å². The van der Waals surface area contributed by atoms with E-state index >= 15 is 0 Å². The molecule has 0 unspecified atom stereocenters. The van der Waals surface area contributed by atoms with Crippen LogP contribution in [0.25, 0.3) is 0 Å². The zero-order valence-corrected chi connectivity index (χ0v) is 12.0. The van der Waals surface area contributed by atoms with Crippen molar-refractivity contribution in [1.29, 1.82) is 0 Å². The van der Waals surface area contributed by atoms with Crippen LogP contribution in [0.2, 0.25) is 0 Å². The molecule has 0 saturated carbocycles. The van der Waals surface area contributed by atoms with Crippen molar-refractivity contribution in [2.45, 2.75) is 32.8 Å². The third kappa shape index (κ3) is 4.84. The highest BCUT2D eigenvalue weighted by Gasteiger charge is 2.18. The van der Waals surface area contributed by atoms with Gasteiger partial charge in [-0.3, -0.25) is 0 Å². The van der Waals surface area contributed by atoms with Gasteiger partial charge in [0.15, 0.2) is 0 Å². The molecule has 1 saturated heterocycles. The third-order valence-electron chi connectivity index (χ3n) is 3.78. The molecular weight excluding hydrogens is 238 g/mol. The first kappa shape index (κ1) is 14.4. The van der Waals surface area contributed by atoms with Gasteiger partial charge in [0, 0.05) is 6.54 Å². The number of hydrogen-bond donors (Lipinski definition) is 1. The van der Waals surface area contributed by atoms with Crippen LogP contribution in [0.15, 0.2) is 24.3 Å². The topological polar surface area (TPSA) is 32.7 Å². The Labute approximate surface area is 116 Å². The molecule has 1 aliphatic rings. The maximum atomic E-state index is 10.0. The Bertz CT molecular complexity index is 386. The summed E-state index contributed by atoms with van der Waals surface area (Å²) in [5, 5.41) is 10.0. The van der Waals surface area contributed by atoms with Crippen LogP contribution >= 0.6 is 0 Å². The minimum absolute atomic E-state index is 0.371. The molecule has 1 atom stereocenters. The van der Waals surface area contributed by atoms with Crippen LogP contribution < -0.4 is 4.74 Å². The monoisotopic (exact) mass is 263 g/mol. The highest BCUT2D eigenvalue weighted by molar-refractivity contribution is 5.27. The molecule has 3 nitrogen and oxygen atoms in total. The first-order valence-corrected chi connectivity index (χ1v) is 7.23. The number of piperidine rings is 1. The van der Waals surface area contributed by atoms with Crippen molar-refractivity contribution in [3.63, 3.8) is 0 Å². The first-order chi connectivity index (χ1) is 9.13. The lowest BCUT2D eigenvalue weighted by molar-refractivity contribution is 0.0563. The Morgan fingerprint density at radius 3 is 2.79 bits per heavy atom. The molecule has 0 spiro atoms. The summed E-state index contributed by atoms with van der Waals surface area (Å²) in [7, 11) is 0.